The monoisotopic (exact) mass is 348 g/mol. The van der Waals surface area contributed by atoms with E-state index in [0.29, 0.717) is 0 Å². The van der Waals surface area contributed by atoms with Crippen LogP contribution >= 0.6 is 15.9 Å². The fraction of sp³-hybridized carbons (Fsp3) is 0.294. The highest BCUT2D eigenvalue weighted by Crippen LogP contribution is 2.37. The molecule has 0 fully saturated rings. The third-order valence-corrected chi connectivity index (χ3v) is 4.45. The first kappa shape index (κ1) is 14.4. The van der Waals surface area contributed by atoms with Crippen molar-refractivity contribution in [3.8, 4) is 0 Å². The molecule has 110 valence electrons. The van der Waals surface area contributed by atoms with Gasteiger partial charge in [0.25, 0.3) is 0 Å². The van der Waals surface area contributed by atoms with Crippen molar-refractivity contribution in [1.82, 2.24) is 0 Å². The molecule has 1 unspecified atom stereocenters. The van der Waals surface area contributed by atoms with E-state index in [9.17, 15) is 4.39 Å². The van der Waals surface area contributed by atoms with Gasteiger partial charge in [0.05, 0.1) is 17.4 Å². The maximum atomic E-state index is 13.3. The van der Waals surface area contributed by atoms with Gasteiger partial charge in [0.15, 0.2) is 0 Å². The second kappa shape index (κ2) is 5.68. The molecule has 1 N–H and O–H groups in total. The summed E-state index contributed by atoms with van der Waals surface area (Å²) in [5.74, 6) is -0.147. The Kier molecular flexibility index (Phi) is 3.89. The summed E-state index contributed by atoms with van der Waals surface area (Å²) in [5.41, 5.74) is 4.57. The zero-order valence-corrected chi connectivity index (χ0v) is 13.7. The normalized spacial score (nSPS) is 16.7. The van der Waals surface area contributed by atoms with Gasteiger partial charge in [0, 0.05) is 18.6 Å². The largest absolute Gasteiger partial charge is 0.377 e. The smallest absolute Gasteiger partial charge is 0.123 e. The Hall–Kier alpha value is -1.55. The molecule has 0 saturated heterocycles. The third-order valence-electron chi connectivity index (χ3n) is 3.95. The minimum atomic E-state index is -0.147. The number of rotatable bonds is 3. The van der Waals surface area contributed by atoms with Gasteiger partial charge in [0.1, 0.15) is 5.82 Å². The lowest BCUT2D eigenvalue weighted by Crippen LogP contribution is -2.14. The van der Waals surface area contributed by atoms with Crippen molar-refractivity contribution in [2.45, 2.75) is 18.9 Å². The molecule has 2 nitrogen and oxygen atoms in total. The molecule has 2 aromatic rings. The van der Waals surface area contributed by atoms with Crippen molar-refractivity contribution in [1.29, 1.82) is 0 Å². The maximum Gasteiger partial charge on any atom is 0.123 e. The molecule has 2 aromatic carbocycles. The number of aryl methyl sites for hydroxylation is 1. The van der Waals surface area contributed by atoms with E-state index in [2.05, 4.69) is 38.3 Å². The summed E-state index contributed by atoms with van der Waals surface area (Å²) < 4.78 is 14.4. The van der Waals surface area contributed by atoms with Crippen molar-refractivity contribution < 1.29 is 4.39 Å². The molecule has 0 amide bonds. The van der Waals surface area contributed by atoms with Crippen molar-refractivity contribution in [2.24, 2.45) is 0 Å². The van der Waals surface area contributed by atoms with E-state index in [1.165, 1.54) is 5.56 Å². The first-order valence-corrected chi connectivity index (χ1v) is 7.85. The number of halogens is 2. The molecule has 0 saturated carbocycles. The lowest BCUT2D eigenvalue weighted by atomic mass is 10.1. The van der Waals surface area contributed by atoms with Crippen LogP contribution in [0.2, 0.25) is 0 Å². The highest BCUT2D eigenvalue weighted by Gasteiger charge is 2.23. The Balaban J connectivity index is 1.91. The van der Waals surface area contributed by atoms with Crippen LogP contribution < -0.4 is 10.2 Å². The zero-order chi connectivity index (χ0) is 15.0. The molecule has 1 aliphatic rings. The van der Waals surface area contributed by atoms with E-state index in [-0.39, 0.29) is 11.9 Å². The molecule has 0 aliphatic heterocycles. The van der Waals surface area contributed by atoms with Crippen LogP contribution in [0, 0.1) is 5.82 Å². The van der Waals surface area contributed by atoms with Crippen molar-refractivity contribution in [3.05, 3.63) is 57.8 Å². The topological polar surface area (TPSA) is 15.3 Å². The van der Waals surface area contributed by atoms with Gasteiger partial charge in [-0.1, -0.05) is 22.0 Å². The van der Waals surface area contributed by atoms with E-state index >= 15 is 0 Å². The van der Waals surface area contributed by atoms with E-state index in [4.69, 9.17) is 0 Å². The summed E-state index contributed by atoms with van der Waals surface area (Å²) in [5, 5.41) is 3.61. The van der Waals surface area contributed by atoms with Crippen molar-refractivity contribution in [3.63, 3.8) is 0 Å². The van der Waals surface area contributed by atoms with Crippen LogP contribution in [0.3, 0.4) is 0 Å². The molecule has 1 aliphatic carbocycles. The number of anilines is 2. The van der Waals surface area contributed by atoms with Gasteiger partial charge in [-0.25, -0.2) is 4.39 Å². The maximum absolute atomic E-state index is 13.3. The Morgan fingerprint density at radius 3 is 2.76 bits per heavy atom. The van der Waals surface area contributed by atoms with Gasteiger partial charge >= 0.3 is 0 Å². The Bertz CT molecular complexity index is 670. The molecule has 0 radical (unpaired) electrons. The molecule has 4 heteroatoms. The quantitative estimate of drug-likeness (QED) is 0.860. The van der Waals surface area contributed by atoms with Crippen LogP contribution in [0.4, 0.5) is 15.8 Å². The first-order chi connectivity index (χ1) is 10.0. The molecular formula is C17H18BrFN2. The van der Waals surface area contributed by atoms with Gasteiger partial charge in [0.2, 0.25) is 0 Å². The Morgan fingerprint density at radius 1 is 1.19 bits per heavy atom. The summed E-state index contributed by atoms with van der Waals surface area (Å²) in [4.78, 5) is 2.09. The average Bonchev–Trinajstić information content (AvgIpc) is 2.81. The van der Waals surface area contributed by atoms with E-state index in [1.807, 2.05) is 26.2 Å². The van der Waals surface area contributed by atoms with Crippen LogP contribution in [0.5, 0.6) is 0 Å². The summed E-state index contributed by atoms with van der Waals surface area (Å²) >= 11 is 3.53. The van der Waals surface area contributed by atoms with Crippen molar-refractivity contribution in [2.75, 3.05) is 24.3 Å². The fourth-order valence-corrected chi connectivity index (χ4v) is 3.30. The number of nitrogens with one attached hydrogen (secondary N) is 1. The molecule has 0 bridgehead atoms. The minimum absolute atomic E-state index is 0.147. The molecular weight excluding hydrogens is 331 g/mol. The number of benzene rings is 2. The first-order valence-electron chi connectivity index (χ1n) is 7.06. The second-order valence-corrected chi connectivity index (χ2v) is 6.55. The summed E-state index contributed by atoms with van der Waals surface area (Å²) in [6.07, 6.45) is 1.92. The fourth-order valence-electron chi connectivity index (χ4n) is 2.94. The lowest BCUT2D eigenvalue weighted by molar-refractivity contribution is 0.626. The van der Waals surface area contributed by atoms with E-state index in [0.717, 1.165) is 34.3 Å². The molecule has 1 atom stereocenters. The van der Waals surface area contributed by atoms with Crippen LogP contribution in [0.1, 0.15) is 23.6 Å². The van der Waals surface area contributed by atoms with Crippen molar-refractivity contribution >= 4 is 27.3 Å². The number of nitrogens with zero attached hydrogens (tertiary/aromatic N) is 1. The number of hydrogen-bond donors (Lipinski definition) is 1. The predicted octanol–water partition coefficient (Wildman–Crippen LogP) is 4.75. The highest BCUT2D eigenvalue weighted by atomic mass is 79.9. The molecule has 3 rings (SSSR count). The predicted molar refractivity (Wildman–Crippen MR) is 89.6 cm³/mol. The minimum Gasteiger partial charge on any atom is -0.377 e. The second-order valence-electron chi connectivity index (χ2n) is 5.63. The molecule has 0 aromatic heterocycles. The summed E-state index contributed by atoms with van der Waals surface area (Å²) in [6.45, 7) is 0. The number of fused-ring (bicyclic) bond motifs is 1. The SMILES string of the molecule is CN(C)c1ccc(Br)cc1NC1CCc2cc(F)ccc21. The van der Waals surface area contributed by atoms with Gasteiger partial charge in [-0.05, 0) is 54.3 Å². The summed E-state index contributed by atoms with van der Waals surface area (Å²) in [6, 6.07) is 11.6. The Morgan fingerprint density at radius 2 is 2.00 bits per heavy atom. The van der Waals surface area contributed by atoms with Crippen LogP contribution in [-0.4, -0.2) is 14.1 Å². The van der Waals surface area contributed by atoms with Gasteiger partial charge in [-0.15, -0.1) is 0 Å². The van der Waals surface area contributed by atoms with Gasteiger partial charge < -0.3 is 10.2 Å². The van der Waals surface area contributed by atoms with E-state index < -0.39 is 0 Å². The van der Waals surface area contributed by atoms with Crippen LogP contribution in [0.15, 0.2) is 40.9 Å². The lowest BCUT2D eigenvalue weighted by Gasteiger charge is -2.22. The summed E-state index contributed by atoms with van der Waals surface area (Å²) in [7, 11) is 4.07. The third kappa shape index (κ3) is 2.91. The average molecular weight is 349 g/mol. The van der Waals surface area contributed by atoms with E-state index in [1.54, 1.807) is 12.1 Å². The molecule has 21 heavy (non-hydrogen) atoms. The van der Waals surface area contributed by atoms with Crippen LogP contribution in [0.25, 0.3) is 0 Å². The molecule has 0 heterocycles. The Labute approximate surface area is 133 Å². The van der Waals surface area contributed by atoms with Gasteiger partial charge in [-0.3, -0.25) is 0 Å². The highest BCUT2D eigenvalue weighted by molar-refractivity contribution is 9.10. The zero-order valence-electron chi connectivity index (χ0n) is 12.2. The number of hydrogen-bond acceptors (Lipinski definition) is 2. The van der Waals surface area contributed by atoms with Crippen LogP contribution in [-0.2, 0) is 6.42 Å². The van der Waals surface area contributed by atoms with Gasteiger partial charge in [-0.2, -0.15) is 0 Å². The standard InChI is InChI=1S/C17H18BrFN2/c1-21(2)17-8-4-12(18)10-16(17)20-15-7-3-11-9-13(19)5-6-14(11)15/h4-6,8-10,15,20H,3,7H2,1-2H3. The molecule has 0 spiro atoms.